The minimum Gasteiger partial charge on any atom is -0.503 e. The van der Waals surface area contributed by atoms with Gasteiger partial charge in [0, 0.05) is 0 Å². The Morgan fingerprint density at radius 1 is 1.26 bits per heavy atom. The first-order valence-electron chi connectivity index (χ1n) is 5.61. The second kappa shape index (κ2) is 6.24. The number of anilines is 1. The maximum Gasteiger partial charge on any atom is 0.172 e. The summed E-state index contributed by atoms with van der Waals surface area (Å²) in [6.07, 6.45) is 1.65. The Kier molecular flexibility index (Phi) is 4.41. The van der Waals surface area contributed by atoms with E-state index in [0.717, 1.165) is 11.3 Å². The van der Waals surface area contributed by atoms with Crippen LogP contribution in [0, 0.1) is 0 Å². The van der Waals surface area contributed by atoms with Crippen molar-refractivity contribution in [2.75, 3.05) is 12.5 Å². The quantitative estimate of drug-likeness (QED) is 0.668. The lowest BCUT2D eigenvalue weighted by atomic mass is 10.2. The van der Waals surface area contributed by atoms with Crippen molar-refractivity contribution >= 4 is 27.8 Å². The second-order valence-corrected chi connectivity index (χ2v) is 4.64. The van der Waals surface area contributed by atoms with E-state index in [9.17, 15) is 5.11 Å². The number of phenolic OH excluding ortho intramolecular Hbond substituents is 1. The second-order valence-electron chi connectivity index (χ2n) is 3.79. The van der Waals surface area contributed by atoms with Crippen molar-refractivity contribution in [2.24, 2.45) is 5.10 Å². The molecule has 0 fully saturated rings. The van der Waals surface area contributed by atoms with Crippen molar-refractivity contribution < 1.29 is 9.84 Å². The molecule has 0 heterocycles. The Labute approximate surface area is 119 Å². The van der Waals surface area contributed by atoms with Gasteiger partial charge in [0.15, 0.2) is 11.5 Å². The molecule has 5 heteroatoms. The lowest BCUT2D eigenvalue weighted by Crippen LogP contribution is -1.92. The number of nitrogens with one attached hydrogen (secondary N) is 1. The number of phenols is 1. The number of benzene rings is 2. The summed E-state index contributed by atoms with van der Waals surface area (Å²) in [5, 5.41) is 13.8. The van der Waals surface area contributed by atoms with Crippen LogP contribution in [0.25, 0.3) is 0 Å². The standard InChI is InChI=1S/C14H13BrN2O2/c1-19-13-8-10(7-12(15)14(13)18)9-16-17-11-5-3-2-4-6-11/h2-9,17-18H,1H3. The van der Waals surface area contributed by atoms with Gasteiger partial charge < -0.3 is 9.84 Å². The zero-order valence-electron chi connectivity index (χ0n) is 10.3. The first-order valence-corrected chi connectivity index (χ1v) is 6.40. The number of para-hydroxylation sites is 1. The smallest absolute Gasteiger partial charge is 0.172 e. The van der Waals surface area contributed by atoms with Gasteiger partial charge in [-0.3, -0.25) is 5.43 Å². The summed E-state index contributed by atoms with van der Waals surface area (Å²) in [5.74, 6) is 0.478. The van der Waals surface area contributed by atoms with Crippen molar-refractivity contribution in [3.63, 3.8) is 0 Å². The third kappa shape index (κ3) is 3.48. The molecule has 2 aromatic carbocycles. The predicted molar refractivity (Wildman–Crippen MR) is 80.0 cm³/mol. The molecule has 0 saturated heterocycles. The molecule has 0 atom stereocenters. The average molecular weight is 321 g/mol. The number of hydrogen-bond donors (Lipinski definition) is 2. The third-order valence-electron chi connectivity index (χ3n) is 2.45. The first-order chi connectivity index (χ1) is 9.20. The van der Waals surface area contributed by atoms with Crippen LogP contribution in [-0.4, -0.2) is 18.4 Å². The van der Waals surface area contributed by atoms with E-state index in [1.165, 1.54) is 7.11 Å². The molecule has 2 rings (SSSR count). The molecule has 0 unspecified atom stereocenters. The van der Waals surface area contributed by atoms with Crippen LogP contribution in [0.3, 0.4) is 0 Å². The molecule has 2 aromatic rings. The monoisotopic (exact) mass is 320 g/mol. The van der Waals surface area contributed by atoms with Gasteiger partial charge in [0.25, 0.3) is 0 Å². The normalized spacial score (nSPS) is 10.6. The van der Waals surface area contributed by atoms with Crippen molar-refractivity contribution in [3.05, 3.63) is 52.5 Å². The number of nitrogens with zero attached hydrogens (tertiary/aromatic N) is 1. The number of halogens is 1. The van der Waals surface area contributed by atoms with Crippen LogP contribution in [0.5, 0.6) is 11.5 Å². The third-order valence-corrected chi connectivity index (χ3v) is 3.06. The summed E-state index contributed by atoms with van der Waals surface area (Å²) in [6.45, 7) is 0. The number of aromatic hydroxyl groups is 1. The fraction of sp³-hybridized carbons (Fsp3) is 0.0714. The Bertz CT molecular complexity index is 585. The molecule has 0 radical (unpaired) electrons. The SMILES string of the molecule is COc1cc(C=NNc2ccccc2)cc(Br)c1O. The molecule has 0 amide bonds. The molecule has 0 bridgehead atoms. The highest BCUT2D eigenvalue weighted by molar-refractivity contribution is 9.10. The Morgan fingerprint density at radius 3 is 2.68 bits per heavy atom. The van der Waals surface area contributed by atoms with Gasteiger partial charge in [0.2, 0.25) is 0 Å². The lowest BCUT2D eigenvalue weighted by molar-refractivity contribution is 0.372. The van der Waals surface area contributed by atoms with Gasteiger partial charge in [-0.05, 0) is 45.8 Å². The van der Waals surface area contributed by atoms with E-state index in [1.54, 1.807) is 18.3 Å². The van der Waals surface area contributed by atoms with E-state index >= 15 is 0 Å². The van der Waals surface area contributed by atoms with Crippen LogP contribution in [0.2, 0.25) is 0 Å². The summed E-state index contributed by atoms with van der Waals surface area (Å²) >= 11 is 3.26. The molecular formula is C14H13BrN2O2. The Morgan fingerprint density at radius 2 is 2.00 bits per heavy atom. The molecule has 0 saturated carbocycles. The molecule has 4 nitrogen and oxygen atoms in total. The summed E-state index contributed by atoms with van der Waals surface area (Å²) in [7, 11) is 1.50. The largest absolute Gasteiger partial charge is 0.503 e. The van der Waals surface area contributed by atoms with Gasteiger partial charge >= 0.3 is 0 Å². The molecule has 2 N–H and O–H groups in total. The van der Waals surface area contributed by atoms with E-state index in [0.29, 0.717) is 10.2 Å². The Balaban J connectivity index is 2.13. The van der Waals surface area contributed by atoms with Crippen LogP contribution < -0.4 is 10.2 Å². The van der Waals surface area contributed by atoms with Crippen LogP contribution in [0.4, 0.5) is 5.69 Å². The van der Waals surface area contributed by atoms with E-state index in [4.69, 9.17) is 4.74 Å². The Hall–Kier alpha value is -2.01. The fourth-order valence-corrected chi connectivity index (χ4v) is 1.98. The molecule has 0 aliphatic heterocycles. The van der Waals surface area contributed by atoms with Crippen LogP contribution in [-0.2, 0) is 0 Å². The van der Waals surface area contributed by atoms with E-state index in [2.05, 4.69) is 26.5 Å². The maximum absolute atomic E-state index is 9.69. The van der Waals surface area contributed by atoms with Crippen molar-refractivity contribution in [2.45, 2.75) is 0 Å². The van der Waals surface area contributed by atoms with Gasteiger partial charge in [-0.2, -0.15) is 5.10 Å². The number of ether oxygens (including phenoxy) is 1. The minimum absolute atomic E-state index is 0.0793. The van der Waals surface area contributed by atoms with Crippen molar-refractivity contribution in [1.29, 1.82) is 0 Å². The number of methoxy groups -OCH3 is 1. The highest BCUT2D eigenvalue weighted by atomic mass is 79.9. The van der Waals surface area contributed by atoms with Crippen molar-refractivity contribution in [3.8, 4) is 11.5 Å². The summed E-state index contributed by atoms with van der Waals surface area (Å²) in [5.41, 5.74) is 4.63. The number of rotatable bonds is 4. The molecular weight excluding hydrogens is 308 g/mol. The fourth-order valence-electron chi connectivity index (χ4n) is 1.52. The molecule has 0 spiro atoms. The van der Waals surface area contributed by atoms with Crippen LogP contribution >= 0.6 is 15.9 Å². The molecule has 0 aliphatic carbocycles. The van der Waals surface area contributed by atoms with Gasteiger partial charge in [-0.1, -0.05) is 18.2 Å². The lowest BCUT2D eigenvalue weighted by Gasteiger charge is -2.06. The topological polar surface area (TPSA) is 53.8 Å². The van der Waals surface area contributed by atoms with Crippen LogP contribution in [0.15, 0.2) is 52.0 Å². The zero-order valence-corrected chi connectivity index (χ0v) is 11.9. The first kappa shape index (κ1) is 13.4. The van der Waals surface area contributed by atoms with Gasteiger partial charge in [-0.25, -0.2) is 0 Å². The number of hydrogen-bond acceptors (Lipinski definition) is 4. The molecule has 0 aliphatic rings. The molecule has 19 heavy (non-hydrogen) atoms. The summed E-state index contributed by atoms with van der Waals surface area (Å²) < 4.78 is 5.63. The van der Waals surface area contributed by atoms with Crippen molar-refractivity contribution in [1.82, 2.24) is 0 Å². The van der Waals surface area contributed by atoms with Gasteiger partial charge in [0.1, 0.15) is 0 Å². The maximum atomic E-state index is 9.69. The highest BCUT2D eigenvalue weighted by Crippen LogP contribution is 2.34. The summed E-state index contributed by atoms with van der Waals surface area (Å²) in [4.78, 5) is 0. The van der Waals surface area contributed by atoms with Crippen LogP contribution in [0.1, 0.15) is 5.56 Å². The van der Waals surface area contributed by atoms with Gasteiger partial charge in [0.05, 0.1) is 23.5 Å². The molecule has 0 aromatic heterocycles. The predicted octanol–water partition coefficient (Wildman–Crippen LogP) is 3.61. The highest BCUT2D eigenvalue weighted by Gasteiger charge is 2.07. The van der Waals surface area contributed by atoms with E-state index in [-0.39, 0.29) is 5.75 Å². The zero-order chi connectivity index (χ0) is 13.7. The van der Waals surface area contributed by atoms with E-state index in [1.807, 2.05) is 30.3 Å². The molecule has 98 valence electrons. The van der Waals surface area contributed by atoms with E-state index < -0.39 is 0 Å². The minimum atomic E-state index is 0.0793. The van der Waals surface area contributed by atoms with Gasteiger partial charge in [-0.15, -0.1) is 0 Å². The number of hydrazone groups is 1. The summed E-state index contributed by atoms with van der Waals surface area (Å²) in [6, 6.07) is 13.1. The average Bonchev–Trinajstić information content (AvgIpc) is 2.43.